The largest absolute Gasteiger partial charge is 0.359 e. The second kappa shape index (κ2) is 8.69. The number of hydrogen-bond acceptors (Lipinski definition) is 1. The van der Waals surface area contributed by atoms with Crippen LogP contribution in [-0.2, 0) is 4.79 Å². The van der Waals surface area contributed by atoms with Gasteiger partial charge in [-0.2, -0.15) is 0 Å². The Morgan fingerprint density at radius 2 is 1.50 bits per heavy atom. The minimum atomic E-state index is 0.282. The van der Waals surface area contributed by atoms with Crippen LogP contribution in [0.1, 0.15) is 83.5 Å². The van der Waals surface area contributed by atoms with Gasteiger partial charge in [-0.3, -0.25) is 4.79 Å². The quantitative estimate of drug-likeness (QED) is 0.751. The number of rotatable bonds is 6. The summed E-state index contributed by atoms with van der Waals surface area (Å²) in [5.74, 6) is 2.30. The molecule has 0 heterocycles. The van der Waals surface area contributed by atoms with E-state index in [4.69, 9.17) is 0 Å². The van der Waals surface area contributed by atoms with E-state index in [2.05, 4.69) is 5.32 Å². The molecule has 2 nitrogen and oxygen atoms in total. The molecule has 2 saturated carbocycles. The standard InChI is InChI=1S/C18H33NO/c1-19-18(20)17(14-16-10-6-3-7-11-16)13-12-15-8-4-2-5-9-15/h15-17H,2-14H2,1H3,(H,19,20). The van der Waals surface area contributed by atoms with Gasteiger partial charge in [-0.15, -0.1) is 0 Å². The fourth-order valence-corrected chi connectivity index (χ4v) is 4.30. The lowest BCUT2D eigenvalue weighted by atomic mass is 9.79. The van der Waals surface area contributed by atoms with E-state index in [1.54, 1.807) is 7.05 Å². The van der Waals surface area contributed by atoms with Crippen LogP contribution < -0.4 is 5.32 Å². The van der Waals surface area contributed by atoms with Gasteiger partial charge in [-0.25, -0.2) is 0 Å². The van der Waals surface area contributed by atoms with Gasteiger partial charge in [-0.05, 0) is 31.1 Å². The maximum absolute atomic E-state index is 12.1. The maximum Gasteiger partial charge on any atom is 0.222 e. The summed E-state index contributed by atoms with van der Waals surface area (Å²) in [6.07, 6.45) is 17.5. The second-order valence-electron chi connectivity index (χ2n) is 7.13. The normalized spacial score (nSPS) is 23.4. The fourth-order valence-electron chi connectivity index (χ4n) is 4.30. The Hall–Kier alpha value is -0.530. The van der Waals surface area contributed by atoms with Crippen LogP contribution in [0, 0.1) is 17.8 Å². The molecule has 2 heteroatoms. The predicted molar refractivity (Wildman–Crippen MR) is 84.6 cm³/mol. The van der Waals surface area contributed by atoms with Gasteiger partial charge in [0.25, 0.3) is 0 Å². The fraction of sp³-hybridized carbons (Fsp3) is 0.944. The highest BCUT2D eigenvalue weighted by atomic mass is 16.1. The van der Waals surface area contributed by atoms with Crippen LogP contribution in [0.3, 0.4) is 0 Å². The summed E-state index contributed by atoms with van der Waals surface area (Å²) in [6, 6.07) is 0. The minimum absolute atomic E-state index is 0.282. The molecule has 116 valence electrons. The molecular weight excluding hydrogens is 246 g/mol. The zero-order valence-corrected chi connectivity index (χ0v) is 13.3. The van der Waals surface area contributed by atoms with Crippen LogP contribution in [0.5, 0.6) is 0 Å². The maximum atomic E-state index is 12.1. The van der Waals surface area contributed by atoms with Gasteiger partial charge >= 0.3 is 0 Å². The molecule has 1 unspecified atom stereocenters. The first kappa shape index (κ1) is 15.9. The van der Waals surface area contributed by atoms with Crippen molar-refractivity contribution in [1.29, 1.82) is 0 Å². The summed E-state index contributed by atoms with van der Waals surface area (Å²) in [4.78, 5) is 12.1. The Kier molecular flexibility index (Phi) is 6.89. The first-order valence-electron chi connectivity index (χ1n) is 9.01. The number of carbonyl (C=O) groups is 1. The number of hydrogen-bond donors (Lipinski definition) is 1. The molecule has 0 spiro atoms. The summed E-state index contributed by atoms with van der Waals surface area (Å²) in [5, 5.41) is 2.90. The zero-order valence-electron chi connectivity index (χ0n) is 13.3. The van der Waals surface area contributed by atoms with Crippen molar-refractivity contribution >= 4 is 5.91 Å². The van der Waals surface area contributed by atoms with E-state index in [1.165, 1.54) is 70.6 Å². The molecule has 0 radical (unpaired) electrons. The SMILES string of the molecule is CNC(=O)C(CCC1CCCCC1)CC1CCCCC1. The van der Waals surface area contributed by atoms with Crippen molar-refractivity contribution in [2.45, 2.75) is 83.5 Å². The van der Waals surface area contributed by atoms with Crippen LogP contribution in [0.2, 0.25) is 0 Å². The van der Waals surface area contributed by atoms with Gasteiger partial charge in [0.2, 0.25) is 5.91 Å². The molecule has 0 aromatic rings. The molecule has 1 N–H and O–H groups in total. The van der Waals surface area contributed by atoms with Crippen molar-refractivity contribution in [2.24, 2.45) is 17.8 Å². The Bertz CT molecular complexity index is 277. The molecule has 0 aliphatic heterocycles. The van der Waals surface area contributed by atoms with Crippen LogP contribution >= 0.6 is 0 Å². The molecule has 2 rings (SSSR count). The highest BCUT2D eigenvalue weighted by Crippen LogP contribution is 2.33. The van der Waals surface area contributed by atoms with E-state index < -0.39 is 0 Å². The van der Waals surface area contributed by atoms with Gasteiger partial charge in [0.05, 0.1) is 0 Å². The molecule has 2 aliphatic rings. The molecule has 0 aromatic heterocycles. The van der Waals surface area contributed by atoms with Crippen LogP contribution in [0.4, 0.5) is 0 Å². The smallest absolute Gasteiger partial charge is 0.222 e. The van der Waals surface area contributed by atoms with E-state index >= 15 is 0 Å². The van der Waals surface area contributed by atoms with Crippen molar-refractivity contribution in [3.05, 3.63) is 0 Å². The van der Waals surface area contributed by atoms with Crippen molar-refractivity contribution in [2.75, 3.05) is 7.05 Å². The highest BCUT2D eigenvalue weighted by molar-refractivity contribution is 5.78. The Morgan fingerprint density at radius 3 is 2.05 bits per heavy atom. The van der Waals surface area contributed by atoms with Crippen molar-refractivity contribution in [3.8, 4) is 0 Å². The topological polar surface area (TPSA) is 29.1 Å². The average molecular weight is 279 g/mol. The Balaban J connectivity index is 1.77. The highest BCUT2D eigenvalue weighted by Gasteiger charge is 2.25. The van der Waals surface area contributed by atoms with Crippen molar-refractivity contribution in [3.63, 3.8) is 0 Å². The van der Waals surface area contributed by atoms with Gasteiger partial charge < -0.3 is 5.32 Å². The van der Waals surface area contributed by atoms with Crippen molar-refractivity contribution < 1.29 is 4.79 Å². The first-order chi connectivity index (χ1) is 9.79. The minimum Gasteiger partial charge on any atom is -0.359 e. The third kappa shape index (κ3) is 5.10. The van der Waals surface area contributed by atoms with E-state index in [1.807, 2.05) is 0 Å². The Morgan fingerprint density at radius 1 is 0.950 bits per heavy atom. The number of nitrogens with one attached hydrogen (secondary N) is 1. The lowest BCUT2D eigenvalue weighted by Crippen LogP contribution is -2.30. The summed E-state index contributed by atoms with van der Waals surface area (Å²) in [5.41, 5.74) is 0. The second-order valence-corrected chi connectivity index (χ2v) is 7.13. The third-order valence-electron chi connectivity index (χ3n) is 5.61. The summed E-state index contributed by atoms with van der Waals surface area (Å²) >= 11 is 0. The van der Waals surface area contributed by atoms with Crippen LogP contribution in [0.15, 0.2) is 0 Å². The lowest BCUT2D eigenvalue weighted by Gasteiger charge is -2.27. The molecule has 0 bridgehead atoms. The Labute approximate surface area is 125 Å². The average Bonchev–Trinajstić information content (AvgIpc) is 2.52. The van der Waals surface area contributed by atoms with E-state index in [0.717, 1.165) is 24.7 Å². The molecule has 1 amide bonds. The van der Waals surface area contributed by atoms with Gasteiger partial charge in [0, 0.05) is 13.0 Å². The zero-order chi connectivity index (χ0) is 14.2. The lowest BCUT2D eigenvalue weighted by molar-refractivity contribution is -0.125. The van der Waals surface area contributed by atoms with E-state index in [0.29, 0.717) is 5.91 Å². The predicted octanol–water partition coefficient (Wildman–Crippen LogP) is 4.68. The van der Waals surface area contributed by atoms with Gasteiger partial charge in [0.15, 0.2) is 0 Å². The van der Waals surface area contributed by atoms with E-state index in [9.17, 15) is 4.79 Å². The molecular formula is C18H33NO. The van der Waals surface area contributed by atoms with Crippen molar-refractivity contribution in [1.82, 2.24) is 5.32 Å². The van der Waals surface area contributed by atoms with Crippen LogP contribution in [0.25, 0.3) is 0 Å². The summed E-state index contributed by atoms with van der Waals surface area (Å²) in [6.45, 7) is 0. The summed E-state index contributed by atoms with van der Waals surface area (Å²) in [7, 11) is 1.80. The third-order valence-corrected chi connectivity index (χ3v) is 5.61. The van der Waals surface area contributed by atoms with E-state index in [-0.39, 0.29) is 5.92 Å². The number of carbonyl (C=O) groups excluding carboxylic acids is 1. The monoisotopic (exact) mass is 279 g/mol. The molecule has 20 heavy (non-hydrogen) atoms. The molecule has 2 fully saturated rings. The first-order valence-corrected chi connectivity index (χ1v) is 9.01. The summed E-state index contributed by atoms with van der Waals surface area (Å²) < 4.78 is 0. The van der Waals surface area contributed by atoms with Gasteiger partial charge in [-0.1, -0.05) is 64.2 Å². The van der Waals surface area contributed by atoms with Gasteiger partial charge in [0.1, 0.15) is 0 Å². The molecule has 2 aliphatic carbocycles. The number of amides is 1. The molecule has 0 saturated heterocycles. The van der Waals surface area contributed by atoms with Crippen LogP contribution in [-0.4, -0.2) is 13.0 Å². The molecule has 1 atom stereocenters. The molecule has 0 aromatic carbocycles.